The summed E-state index contributed by atoms with van der Waals surface area (Å²) < 4.78 is 22.8. The normalized spacial score (nSPS) is 11.7. The maximum Gasteiger partial charge on any atom is 0.175 e. The van der Waals surface area contributed by atoms with Crippen LogP contribution in [0.3, 0.4) is 0 Å². The first-order chi connectivity index (χ1) is 6.95. The lowest BCUT2D eigenvalue weighted by atomic mass is 10.2. The molecule has 4 nitrogen and oxygen atoms in total. The summed E-state index contributed by atoms with van der Waals surface area (Å²) in [7, 11) is -1.77. The second-order valence-electron chi connectivity index (χ2n) is 3.05. The molecular weight excluding hydrogens is 238 g/mol. The van der Waals surface area contributed by atoms with Crippen molar-refractivity contribution in [3.8, 4) is 0 Å². The minimum absolute atomic E-state index is 0.261. The summed E-state index contributed by atoms with van der Waals surface area (Å²) in [6.07, 6.45) is 1.16. The van der Waals surface area contributed by atoms with Crippen molar-refractivity contribution in [1.82, 2.24) is 5.48 Å². The van der Waals surface area contributed by atoms with Gasteiger partial charge in [-0.2, -0.15) is 5.48 Å². The van der Waals surface area contributed by atoms with E-state index >= 15 is 0 Å². The van der Waals surface area contributed by atoms with Crippen molar-refractivity contribution in [2.24, 2.45) is 0 Å². The molecule has 0 heterocycles. The molecular formula is C9H12ClNO3S. The molecule has 0 bridgehead atoms. The highest BCUT2D eigenvalue weighted by Gasteiger charge is 2.13. The summed E-state index contributed by atoms with van der Waals surface area (Å²) in [6, 6.07) is 4.64. The van der Waals surface area contributed by atoms with E-state index in [1.54, 1.807) is 12.1 Å². The van der Waals surface area contributed by atoms with Crippen LogP contribution in [-0.2, 0) is 21.2 Å². The van der Waals surface area contributed by atoms with Gasteiger partial charge in [0.1, 0.15) is 0 Å². The van der Waals surface area contributed by atoms with Crippen molar-refractivity contribution < 1.29 is 13.3 Å². The van der Waals surface area contributed by atoms with E-state index in [0.717, 1.165) is 6.26 Å². The van der Waals surface area contributed by atoms with Crippen molar-refractivity contribution in [3.05, 3.63) is 28.8 Å². The van der Waals surface area contributed by atoms with Crippen LogP contribution in [0, 0.1) is 0 Å². The zero-order chi connectivity index (χ0) is 11.5. The van der Waals surface area contributed by atoms with Crippen molar-refractivity contribution in [2.45, 2.75) is 11.4 Å². The third-order valence-electron chi connectivity index (χ3n) is 1.83. The molecule has 0 aliphatic rings. The van der Waals surface area contributed by atoms with Gasteiger partial charge < -0.3 is 4.84 Å². The number of rotatable bonds is 4. The fourth-order valence-electron chi connectivity index (χ4n) is 1.20. The van der Waals surface area contributed by atoms with Gasteiger partial charge in [0.05, 0.1) is 12.0 Å². The van der Waals surface area contributed by atoms with Crippen LogP contribution >= 0.6 is 11.6 Å². The second kappa shape index (κ2) is 4.94. The highest BCUT2D eigenvalue weighted by atomic mass is 35.5. The quantitative estimate of drug-likeness (QED) is 0.820. The predicted octanol–water partition coefficient (Wildman–Crippen LogP) is 1.39. The predicted molar refractivity (Wildman–Crippen MR) is 58.4 cm³/mol. The second-order valence-corrected chi connectivity index (χ2v) is 5.47. The summed E-state index contributed by atoms with van der Waals surface area (Å²) in [5, 5.41) is 0.496. The van der Waals surface area contributed by atoms with Gasteiger partial charge in [0.2, 0.25) is 0 Å². The van der Waals surface area contributed by atoms with Crippen LogP contribution in [-0.4, -0.2) is 21.8 Å². The van der Waals surface area contributed by atoms with Gasteiger partial charge in [-0.15, -0.1) is 0 Å². The Hall–Kier alpha value is -0.620. The molecule has 1 aromatic carbocycles. The Morgan fingerprint density at radius 3 is 2.67 bits per heavy atom. The third kappa shape index (κ3) is 3.46. The highest BCUT2D eigenvalue weighted by Crippen LogP contribution is 2.20. The number of nitrogens with one attached hydrogen (secondary N) is 1. The van der Waals surface area contributed by atoms with Gasteiger partial charge in [-0.1, -0.05) is 11.6 Å². The molecule has 0 aliphatic carbocycles. The molecule has 0 fully saturated rings. The molecule has 0 saturated heterocycles. The van der Waals surface area contributed by atoms with Crippen LogP contribution in [0.25, 0.3) is 0 Å². The standard InChI is InChI=1S/C9H12ClNO3S/c1-14-11-6-7-5-8(10)3-4-9(7)15(2,12)13/h3-5,11H,6H2,1-2H3. The van der Waals surface area contributed by atoms with Gasteiger partial charge in [-0.05, 0) is 23.8 Å². The van der Waals surface area contributed by atoms with Crippen LogP contribution < -0.4 is 5.48 Å². The molecule has 0 aliphatic heterocycles. The summed E-state index contributed by atoms with van der Waals surface area (Å²) in [5.41, 5.74) is 3.17. The Bertz CT molecular complexity index is 445. The topological polar surface area (TPSA) is 55.4 Å². The fraction of sp³-hybridized carbons (Fsp3) is 0.333. The van der Waals surface area contributed by atoms with Gasteiger partial charge in [0, 0.05) is 17.8 Å². The molecule has 0 amide bonds. The summed E-state index contributed by atoms with van der Waals surface area (Å²) in [6.45, 7) is 0.291. The molecule has 15 heavy (non-hydrogen) atoms. The molecule has 0 spiro atoms. The van der Waals surface area contributed by atoms with Gasteiger partial charge in [-0.25, -0.2) is 8.42 Å². The van der Waals surface area contributed by atoms with Crippen LogP contribution in [0.4, 0.5) is 0 Å². The van der Waals surface area contributed by atoms with E-state index in [1.807, 2.05) is 0 Å². The first-order valence-corrected chi connectivity index (χ1v) is 6.46. The van der Waals surface area contributed by atoms with Crippen molar-refractivity contribution in [1.29, 1.82) is 0 Å². The molecule has 0 saturated carbocycles. The third-order valence-corrected chi connectivity index (χ3v) is 3.26. The lowest BCUT2D eigenvalue weighted by Gasteiger charge is -2.08. The van der Waals surface area contributed by atoms with E-state index in [2.05, 4.69) is 10.3 Å². The van der Waals surface area contributed by atoms with Crippen LogP contribution in [0.15, 0.2) is 23.1 Å². The van der Waals surface area contributed by atoms with E-state index < -0.39 is 9.84 Å². The minimum atomic E-state index is -3.23. The molecule has 0 atom stereocenters. The zero-order valence-electron chi connectivity index (χ0n) is 8.45. The van der Waals surface area contributed by atoms with Gasteiger partial charge in [0.15, 0.2) is 9.84 Å². The molecule has 1 N–H and O–H groups in total. The SMILES string of the molecule is CONCc1cc(Cl)ccc1S(C)(=O)=O. The first-order valence-electron chi connectivity index (χ1n) is 4.19. The highest BCUT2D eigenvalue weighted by molar-refractivity contribution is 7.90. The molecule has 84 valence electrons. The Balaban J connectivity index is 3.15. The lowest BCUT2D eigenvalue weighted by molar-refractivity contribution is 0.0862. The molecule has 0 radical (unpaired) electrons. The number of hydroxylamine groups is 1. The Labute approximate surface area is 94.1 Å². The number of hydrogen-bond acceptors (Lipinski definition) is 4. The van der Waals surface area contributed by atoms with Crippen LogP contribution in [0.2, 0.25) is 5.02 Å². The number of benzene rings is 1. The zero-order valence-corrected chi connectivity index (χ0v) is 10.0. The van der Waals surface area contributed by atoms with E-state index in [4.69, 9.17) is 11.6 Å². The lowest BCUT2D eigenvalue weighted by Crippen LogP contribution is -2.14. The molecule has 1 rings (SSSR count). The van der Waals surface area contributed by atoms with E-state index in [1.165, 1.54) is 13.2 Å². The Kier molecular flexibility index (Phi) is 4.10. The van der Waals surface area contributed by atoms with E-state index in [0.29, 0.717) is 17.1 Å². The van der Waals surface area contributed by atoms with Gasteiger partial charge in [0.25, 0.3) is 0 Å². The van der Waals surface area contributed by atoms with Crippen molar-refractivity contribution in [2.75, 3.05) is 13.4 Å². The van der Waals surface area contributed by atoms with Crippen LogP contribution in [0.5, 0.6) is 0 Å². The smallest absolute Gasteiger partial charge is 0.175 e. The van der Waals surface area contributed by atoms with Gasteiger partial charge in [-0.3, -0.25) is 0 Å². The first kappa shape index (κ1) is 12.4. The summed E-state index contributed by atoms with van der Waals surface area (Å²) in [5.74, 6) is 0. The molecule has 6 heteroatoms. The average Bonchev–Trinajstić information content (AvgIpc) is 2.12. The number of sulfone groups is 1. The maximum atomic E-state index is 11.4. The van der Waals surface area contributed by atoms with Gasteiger partial charge >= 0.3 is 0 Å². The maximum absolute atomic E-state index is 11.4. The Morgan fingerprint density at radius 2 is 2.13 bits per heavy atom. The summed E-state index contributed by atoms with van der Waals surface area (Å²) in [4.78, 5) is 4.93. The average molecular weight is 250 g/mol. The largest absolute Gasteiger partial charge is 0.305 e. The number of hydrogen-bond donors (Lipinski definition) is 1. The molecule has 0 aromatic heterocycles. The Morgan fingerprint density at radius 1 is 1.47 bits per heavy atom. The van der Waals surface area contributed by atoms with E-state index in [-0.39, 0.29) is 4.90 Å². The van der Waals surface area contributed by atoms with Crippen LogP contribution in [0.1, 0.15) is 5.56 Å². The van der Waals surface area contributed by atoms with E-state index in [9.17, 15) is 8.42 Å². The summed E-state index contributed by atoms with van der Waals surface area (Å²) >= 11 is 5.78. The molecule has 0 unspecified atom stereocenters. The van der Waals surface area contributed by atoms with Crippen molar-refractivity contribution >= 4 is 21.4 Å². The minimum Gasteiger partial charge on any atom is -0.305 e. The monoisotopic (exact) mass is 249 g/mol. The number of halogens is 1. The fourth-order valence-corrected chi connectivity index (χ4v) is 2.32. The molecule has 1 aromatic rings. The van der Waals surface area contributed by atoms with Crippen molar-refractivity contribution in [3.63, 3.8) is 0 Å².